The predicted octanol–water partition coefficient (Wildman–Crippen LogP) is 3.58. The summed E-state index contributed by atoms with van der Waals surface area (Å²) >= 11 is 0. The number of piperidine rings is 3. The number of nitrogens with zero attached hydrogens (tertiary/aromatic N) is 1. The van der Waals surface area contributed by atoms with Crippen LogP contribution in [0.2, 0.25) is 0 Å². The maximum Gasteiger partial charge on any atom is 0.333 e. The van der Waals surface area contributed by atoms with Crippen molar-refractivity contribution < 1.29 is 23.6 Å². The monoisotopic (exact) mass is 512 g/mol. The van der Waals surface area contributed by atoms with E-state index >= 15 is 0 Å². The molecule has 3 aromatic carbocycles. The molecule has 0 aromatic heterocycles. The molecule has 3 fully saturated rings. The minimum absolute atomic E-state index is 0.111. The number of hydrogen-bond donors (Lipinski definition) is 2. The van der Waals surface area contributed by atoms with Crippen molar-refractivity contribution in [2.24, 2.45) is 11.7 Å². The van der Waals surface area contributed by atoms with Gasteiger partial charge in [-0.2, -0.15) is 0 Å². The highest BCUT2D eigenvalue weighted by molar-refractivity contribution is 5.97. The summed E-state index contributed by atoms with van der Waals surface area (Å²) < 4.78 is 6.75. The van der Waals surface area contributed by atoms with Crippen LogP contribution in [-0.4, -0.2) is 54.4 Å². The molecule has 7 heteroatoms. The highest BCUT2D eigenvalue weighted by Gasteiger charge is 2.49. The van der Waals surface area contributed by atoms with Gasteiger partial charge in [-0.3, -0.25) is 9.59 Å². The maximum absolute atomic E-state index is 13.6. The number of Topliss-reactive ketones (excluding diaryl/α,β-unsaturated/α-hetero) is 1. The molecule has 3 saturated heterocycles. The van der Waals surface area contributed by atoms with E-state index < -0.39 is 24.0 Å². The summed E-state index contributed by atoms with van der Waals surface area (Å²) in [5.74, 6) is -0.589. The number of quaternary nitrogens is 1. The van der Waals surface area contributed by atoms with Gasteiger partial charge in [0.1, 0.15) is 19.1 Å². The average molecular weight is 513 g/mol. The Bertz CT molecular complexity index is 1260. The van der Waals surface area contributed by atoms with Crippen LogP contribution in [0.5, 0.6) is 0 Å². The van der Waals surface area contributed by atoms with Gasteiger partial charge in [0, 0.05) is 24.3 Å². The number of nitrogens with one attached hydrogen (secondary N) is 1. The molecule has 7 nitrogen and oxygen atoms in total. The molecule has 0 saturated carbocycles. The Labute approximate surface area is 223 Å². The fraction of sp³-hybridized carbons (Fsp3) is 0.323. The molecule has 3 N–H and O–H groups in total. The lowest BCUT2D eigenvalue weighted by atomic mass is 9.82. The van der Waals surface area contributed by atoms with E-state index in [4.69, 9.17) is 10.5 Å². The van der Waals surface area contributed by atoms with E-state index in [2.05, 4.69) is 5.32 Å². The molecule has 0 spiro atoms. The van der Waals surface area contributed by atoms with Crippen LogP contribution in [0.15, 0.2) is 91.0 Å². The van der Waals surface area contributed by atoms with Crippen LogP contribution < -0.4 is 11.1 Å². The van der Waals surface area contributed by atoms with Crippen molar-refractivity contribution in [2.45, 2.75) is 31.0 Å². The second-order valence-electron chi connectivity index (χ2n) is 10.5. The first kappa shape index (κ1) is 25.8. The molecule has 196 valence electrons. The molecule has 1 amide bonds. The van der Waals surface area contributed by atoms with E-state index in [1.165, 1.54) is 0 Å². The van der Waals surface area contributed by atoms with Gasteiger partial charge >= 0.3 is 5.97 Å². The second kappa shape index (κ2) is 11.3. The zero-order valence-electron chi connectivity index (χ0n) is 21.4. The van der Waals surface area contributed by atoms with Crippen molar-refractivity contribution >= 4 is 17.7 Å². The average Bonchev–Trinajstić information content (AvgIpc) is 2.97. The fourth-order valence-corrected chi connectivity index (χ4v) is 5.78. The van der Waals surface area contributed by atoms with E-state index in [0.717, 1.165) is 25.9 Å². The van der Waals surface area contributed by atoms with E-state index in [0.29, 0.717) is 34.3 Å². The number of benzene rings is 3. The predicted molar refractivity (Wildman–Crippen MR) is 144 cm³/mol. The summed E-state index contributed by atoms with van der Waals surface area (Å²) in [4.78, 5) is 39.7. The number of nitrogens with two attached hydrogens (primary N) is 1. The third kappa shape index (κ3) is 5.69. The van der Waals surface area contributed by atoms with Crippen LogP contribution in [0.1, 0.15) is 46.4 Å². The molecular formula is C31H34N3O4+. The Kier molecular flexibility index (Phi) is 7.67. The topological polar surface area (TPSA) is 98.5 Å². The summed E-state index contributed by atoms with van der Waals surface area (Å²) in [5, 5.41) is 2.83. The largest absolute Gasteiger partial charge is 0.454 e. The number of ketones is 1. The van der Waals surface area contributed by atoms with Crippen molar-refractivity contribution in [2.75, 3.05) is 26.2 Å². The van der Waals surface area contributed by atoms with Gasteiger partial charge in [-0.05, 0) is 11.1 Å². The van der Waals surface area contributed by atoms with Gasteiger partial charge in [-0.15, -0.1) is 0 Å². The van der Waals surface area contributed by atoms with Crippen molar-refractivity contribution in [1.29, 1.82) is 0 Å². The molecule has 6 rings (SSSR count). The van der Waals surface area contributed by atoms with Crippen LogP contribution in [0, 0.1) is 5.92 Å². The molecule has 3 aliphatic rings. The minimum Gasteiger partial charge on any atom is -0.454 e. The van der Waals surface area contributed by atoms with Crippen LogP contribution in [-0.2, 0) is 14.3 Å². The number of fused-ring (bicyclic) bond motifs is 3. The third-order valence-corrected chi connectivity index (χ3v) is 7.98. The molecular weight excluding hydrogens is 478 g/mol. The first-order valence-corrected chi connectivity index (χ1v) is 13.2. The molecule has 2 bridgehead atoms. The van der Waals surface area contributed by atoms with Crippen molar-refractivity contribution in [1.82, 2.24) is 5.32 Å². The molecule has 0 aliphatic carbocycles. The standard InChI is InChI=1S/C31H33N3O4/c32-28(24-12-6-2-7-13-24)30(36)33-29(25-14-8-3-9-15-25)31(37)38-27-21-34(18-16-23(27)17-19-34)20-26(35)22-10-4-1-5-11-22/h1-15,23,27-29H,16-21,32H2/p+1/t23?,27-,28?,29?,34?/m0/s1. The summed E-state index contributed by atoms with van der Waals surface area (Å²) in [6, 6.07) is 25.6. The summed E-state index contributed by atoms with van der Waals surface area (Å²) in [5.41, 5.74) is 8.22. The molecule has 0 radical (unpaired) electrons. The van der Waals surface area contributed by atoms with E-state index in [-0.39, 0.29) is 17.8 Å². The molecule has 38 heavy (non-hydrogen) atoms. The van der Waals surface area contributed by atoms with Gasteiger partial charge in [0.15, 0.2) is 12.1 Å². The summed E-state index contributed by atoms with van der Waals surface area (Å²) in [7, 11) is 0. The van der Waals surface area contributed by atoms with Gasteiger partial charge in [0.05, 0.1) is 13.1 Å². The lowest BCUT2D eigenvalue weighted by Crippen LogP contribution is -2.66. The third-order valence-electron chi connectivity index (χ3n) is 7.98. The lowest BCUT2D eigenvalue weighted by molar-refractivity contribution is -0.938. The molecule has 3 aromatic rings. The Balaban J connectivity index is 1.30. The van der Waals surface area contributed by atoms with E-state index in [9.17, 15) is 14.4 Å². The van der Waals surface area contributed by atoms with Crippen molar-refractivity contribution in [3.05, 3.63) is 108 Å². The van der Waals surface area contributed by atoms with Crippen molar-refractivity contribution in [3.63, 3.8) is 0 Å². The SMILES string of the molecule is NC(C(=O)NC(C(=O)O[C@H]1C[N+]2(CC(=O)c3ccccc3)CCC1CC2)c1ccccc1)c1ccccc1. The molecule has 3 atom stereocenters. The first-order valence-electron chi connectivity index (χ1n) is 13.2. The highest BCUT2D eigenvalue weighted by atomic mass is 16.5. The van der Waals surface area contributed by atoms with Gasteiger partial charge in [-0.1, -0.05) is 91.0 Å². The zero-order valence-corrected chi connectivity index (χ0v) is 21.4. The second-order valence-corrected chi connectivity index (χ2v) is 10.5. The van der Waals surface area contributed by atoms with Crippen LogP contribution in [0.4, 0.5) is 0 Å². The summed E-state index contributed by atoms with van der Waals surface area (Å²) in [6.45, 7) is 2.81. The van der Waals surface area contributed by atoms with Gasteiger partial charge in [0.25, 0.3) is 0 Å². The van der Waals surface area contributed by atoms with E-state index in [1.54, 1.807) is 24.3 Å². The molecule has 3 heterocycles. The van der Waals surface area contributed by atoms with E-state index in [1.807, 2.05) is 66.7 Å². The highest BCUT2D eigenvalue weighted by Crippen LogP contribution is 2.36. The maximum atomic E-state index is 13.6. The quantitative estimate of drug-likeness (QED) is 0.259. The number of carbonyl (C=O) groups is 3. The summed E-state index contributed by atoms with van der Waals surface area (Å²) in [6.07, 6.45) is 1.50. The Hall–Kier alpha value is -3.81. The zero-order chi connectivity index (χ0) is 26.5. The van der Waals surface area contributed by atoms with Gasteiger partial charge in [-0.25, -0.2) is 4.79 Å². The number of esters is 1. The number of amides is 1. The van der Waals surface area contributed by atoms with Crippen LogP contribution in [0.3, 0.4) is 0 Å². The van der Waals surface area contributed by atoms with Crippen LogP contribution >= 0.6 is 0 Å². The lowest BCUT2D eigenvalue weighted by Gasteiger charge is -2.51. The normalized spacial score (nSPS) is 23.7. The number of hydrogen-bond acceptors (Lipinski definition) is 5. The Morgan fingerprint density at radius 2 is 1.39 bits per heavy atom. The first-order chi connectivity index (χ1) is 18.4. The van der Waals surface area contributed by atoms with Gasteiger partial charge < -0.3 is 20.3 Å². The minimum atomic E-state index is -0.978. The van der Waals surface area contributed by atoms with Crippen molar-refractivity contribution in [3.8, 4) is 0 Å². The van der Waals surface area contributed by atoms with Crippen LogP contribution in [0.25, 0.3) is 0 Å². The number of carbonyl (C=O) groups excluding carboxylic acids is 3. The number of ether oxygens (including phenoxy) is 1. The fourth-order valence-electron chi connectivity index (χ4n) is 5.78. The molecule has 3 aliphatic heterocycles. The number of rotatable bonds is 9. The van der Waals surface area contributed by atoms with Gasteiger partial charge in [0.2, 0.25) is 11.7 Å². The smallest absolute Gasteiger partial charge is 0.333 e. The Morgan fingerprint density at radius 1 is 0.842 bits per heavy atom. The Morgan fingerprint density at radius 3 is 2.00 bits per heavy atom. The molecule has 2 unspecified atom stereocenters.